The van der Waals surface area contributed by atoms with Crippen LogP contribution in [0.1, 0.15) is 55.3 Å². The van der Waals surface area contributed by atoms with Gasteiger partial charge in [0, 0.05) is 35.0 Å². The summed E-state index contributed by atoms with van der Waals surface area (Å²) in [7, 11) is 1.94. The Morgan fingerprint density at radius 1 is 1.08 bits per heavy atom. The molecule has 206 valence electrons. The number of fused-ring (bicyclic) bond motifs is 2. The molecule has 11 heteroatoms. The lowest BCUT2D eigenvalue weighted by molar-refractivity contribution is -0.137. The number of halogens is 4. The van der Waals surface area contributed by atoms with Crippen molar-refractivity contribution in [2.45, 2.75) is 44.9 Å². The molecule has 0 spiro atoms. The van der Waals surface area contributed by atoms with E-state index in [9.17, 15) is 38.4 Å². The molecule has 5 rings (SSSR count). The lowest BCUT2D eigenvalue weighted by atomic mass is 9.73. The van der Waals surface area contributed by atoms with Crippen LogP contribution in [0.4, 0.5) is 18.9 Å². The van der Waals surface area contributed by atoms with Crippen LogP contribution in [0.3, 0.4) is 0 Å². The van der Waals surface area contributed by atoms with Crippen LogP contribution in [0, 0.1) is 0 Å². The number of nitrogens with zero attached hydrogens (tertiary/aromatic N) is 1. The maximum atomic E-state index is 13.4. The van der Waals surface area contributed by atoms with Crippen LogP contribution in [0.15, 0.2) is 30.3 Å². The van der Waals surface area contributed by atoms with Crippen molar-refractivity contribution < 1.29 is 38.4 Å². The number of anilines is 1. The number of benzene rings is 3. The third-order valence-corrected chi connectivity index (χ3v) is 8.00. The second-order valence-corrected chi connectivity index (χ2v) is 10.2. The standard InChI is InChI=1S/C28H26ClF3N2O5/c1-34-5-4-13-6-15(10-35)18(12-37)24-23(13)22(34)9-17-21(8-16(11-36)26(38)25(17)24)33-27(39)14-2-3-20(29)19(7-14)28(30,31)32/h2-3,6-8,22,35-38H,4-5,9-12H2,1H3,(H,33,39). The monoisotopic (exact) mass is 562 g/mol. The number of hydrogen-bond donors (Lipinski definition) is 5. The van der Waals surface area contributed by atoms with Crippen molar-refractivity contribution in [1.29, 1.82) is 0 Å². The number of amides is 1. The summed E-state index contributed by atoms with van der Waals surface area (Å²) >= 11 is 5.71. The number of alkyl halides is 3. The molecule has 5 N–H and O–H groups in total. The van der Waals surface area contributed by atoms with Crippen molar-refractivity contribution in [3.63, 3.8) is 0 Å². The molecular weight excluding hydrogens is 537 g/mol. The highest BCUT2D eigenvalue weighted by Gasteiger charge is 2.38. The molecule has 1 atom stereocenters. The van der Waals surface area contributed by atoms with E-state index in [-0.39, 0.29) is 35.2 Å². The summed E-state index contributed by atoms with van der Waals surface area (Å²) in [6.45, 7) is -0.637. The van der Waals surface area contributed by atoms with Crippen LogP contribution in [0.2, 0.25) is 5.02 Å². The SMILES string of the molecule is CN1CCc2cc(CO)c(CO)c3c2C1Cc1c(NC(=O)c2ccc(Cl)c(C(F)(F)F)c2)cc(CO)c(O)c1-3. The first-order valence-corrected chi connectivity index (χ1v) is 12.6. The molecule has 1 unspecified atom stereocenters. The van der Waals surface area contributed by atoms with Crippen molar-refractivity contribution in [2.24, 2.45) is 0 Å². The predicted octanol–water partition coefficient (Wildman–Crippen LogP) is 4.55. The van der Waals surface area contributed by atoms with E-state index in [0.29, 0.717) is 53.3 Å². The summed E-state index contributed by atoms with van der Waals surface area (Å²) in [6.07, 6.45) is -3.72. The van der Waals surface area contributed by atoms with E-state index in [4.69, 9.17) is 11.6 Å². The van der Waals surface area contributed by atoms with E-state index in [1.807, 2.05) is 13.1 Å². The molecule has 1 aliphatic carbocycles. The van der Waals surface area contributed by atoms with Gasteiger partial charge in [0.15, 0.2) is 0 Å². The first-order valence-electron chi connectivity index (χ1n) is 12.3. The van der Waals surface area contributed by atoms with Gasteiger partial charge >= 0.3 is 6.18 Å². The van der Waals surface area contributed by atoms with Gasteiger partial charge in [-0.2, -0.15) is 13.2 Å². The molecule has 1 heterocycles. The van der Waals surface area contributed by atoms with Crippen LogP contribution in [-0.4, -0.2) is 44.8 Å². The van der Waals surface area contributed by atoms with Gasteiger partial charge in [0.1, 0.15) is 5.75 Å². The quantitative estimate of drug-likeness (QED) is 0.292. The molecule has 0 radical (unpaired) electrons. The number of nitrogens with one attached hydrogen (secondary N) is 1. The largest absolute Gasteiger partial charge is 0.507 e. The summed E-state index contributed by atoms with van der Waals surface area (Å²) in [4.78, 5) is 15.3. The molecule has 0 bridgehead atoms. The Morgan fingerprint density at radius 2 is 1.79 bits per heavy atom. The topological polar surface area (TPSA) is 113 Å². The third kappa shape index (κ3) is 4.56. The Kier molecular flexibility index (Phi) is 7.11. The van der Waals surface area contributed by atoms with Gasteiger partial charge < -0.3 is 25.7 Å². The van der Waals surface area contributed by atoms with Gasteiger partial charge in [-0.3, -0.25) is 9.69 Å². The predicted molar refractivity (Wildman–Crippen MR) is 138 cm³/mol. The highest BCUT2D eigenvalue weighted by molar-refractivity contribution is 6.31. The van der Waals surface area contributed by atoms with E-state index in [2.05, 4.69) is 10.2 Å². The second kappa shape index (κ2) is 10.1. The fraction of sp³-hybridized carbons (Fsp3) is 0.321. The molecule has 0 aromatic heterocycles. The number of rotatable bonds is 5. The van der Waals surface area contributed by atoms with Crippen LogP contribution >= 0.6 is 11.6 Å². The molecule has 3 aromatic rings. The van der Waals surface area contributed by atoms with Crippen molar-refractivity contribution in [3.8, 4) is 16.9 Å². The Labute approximate surface area is 227 Å². The van der Waals surface area contributed by atoms with E-state index in [1.54, 1.807) is 0 Å². The summed E-state index contributed by atoms with van der Waals surface area (Å²) in [5, 5.41) is 43.8. The number of carbonyl (C=O) groups is 1. The number of aromatic hydroxyl groups is 1. The van der Waals surface area contributed by atoms with Crippen molar-refractivity contribution in [1.82, 2.24) is 4.90 Å². The molecule has 39 heavy (non-hydrogen) atoms. The van der Waals surface area contributed by atoms with E-state index >= 15 is 0 Å². The number of carbonyl (C=O) groups excluding carboxylic acids is 1. The zero-order chi connectivity index (χ0) is 28.2. The first-order chi connectivity index (χ1) is 18.5. The normalized spacial score (nSPS) is 16.6. The van der Waals surface area contributed by atoms with Gasteiger partial charge in [0.05, 0.1) is 30.4 Å². The van der Waals surface area contributed by atoms with Crippen LogP contribution in [0.25, 0.3) is 11.1 Å². The van der Waals surface area contributed by atoms with Gasteiger partial charge in [0.25, 0.3) is 5.91 Å². The molecule has 7 nitrogen and oxygen atoms in total. The zero-order valence-electron chi connectivity index (χ0n) is 20.9. The zero-order valence-corrected chi connectivity index (χ0v) is 21.6. The second-order valence-electron chi connectivity index (χ2n) is 9.82. The third-order valence-electron chi connectivity index (χ3n) is 7.67. The fourth-order valence-electron chi connectivity index (χ4n) is 5.74. The van der Waals surface area contributed by atoms with Crippen LogP contribution < -0.4 is 5.32 Å². The summed E-state index contributed by atoms with van der Waals surface area (Å²) in [5.74, 6) is -1.06. The van der Waals surface area contributed by atoms with Gasteiger partial charge in [-0.15, -0.1) is 0 Å². The highest BCUT2D eigenvalue weighted by Crippen LogP contribution is 2.53. The Morgan fingerprint density at radius 3 is 2.44 bits per heavy atom. The average molecular weight is 563 g/mol. The molecular formula is C28H26ClF3N2O5. The maximum Gasteiger partial charge on any atom is 0.417 e. The molecule has 3 aromatic carbocycles. The van der Waals surface area contributed by atoms with Gasteiger partial charge in [-0.1, -0.05) is 17.7 Å². The number of likely N-dealkylation sites (N-methyl/N-ethyl adjacent to an activating group) is 1. The first kappa shape index (κ1) is 27.4. The van der Waals surface area contributed by atoms with Crippen LogP contribution in [0.5, 0.6) is 5.75 Å². The van der Waals surface area contributed by atoms with E-state index in [1.165, 1.54) is 12.1 Å². The molecule has 1 aliphatic heterocycles. The maximum absolute atomic E-state index is 13.4. The minimum atomic E-state index is -4.76. The van der Waals surface area contributed by atoms with Crippen LogP contribution in [-0.2, 0) is 38.8 Å². The van der Waals surface area contributed by atoms with Gasteiger partial charge in [-0.05, 0) is 77.5 Å². The van der Waals surface area contributed by atoms with Crippen molar-refractivity contribution >= 4 is 23.2 Å². The Bertz CT molecular complexity index is 1490. The minimum absolute atomic E-state index is 0.0887. The molecule has 2 aliphatic rings. The summed E-state index contributed by atoms with van der Waals surface area (Å²) in [6, 6.07) is 5.94. The number of aliphatic hydroxyl groups excluding tert-OH is 3. The highest BCUT2D eigenvalue weighted by atomic mass is 35.5. The van der Waals surface area contributed by atoms with E-state index in [0.717, 1.165) is 17.2 Å². The number of phenols is 1. The molecule has 0 saturated heterocycles. The van der Waals surface area contributed by atoms with Gasteiger partial charge in [0.2, 0.25) is 0 Å². The van der Waals surface area contributed by atoms with Crippen molar-refractivity contribution in [3.05, 3.63) is 79.9 Å². The minimum Gasteiger partial charge on any atom is -0.507 e. The summed E-state index contributed by atoms with van der Waals surface area (Å²) in [5.41, 5.74) is 3.03. The number of hydrogen-bond acceptors (Lipinski definition) is 6. The average Bonchev–Trinajstić information content (AvgIpc) is 2.90. The lowest BCUT2D eigenvalue weighted by Gasteiger charge is -2.42. The molecule has 1 amide bonds. The Hall–Kier alpha value is -3.15. The van der Waals surface area contributed by atoms with Crippen molar-refractivity contribution in [2.75, 3.05) is 18.9 Å². The molecule has 0 saturated carbocycles. The van der Waals surface area contributed by atoms with Gasteiger partial charge in [-0.25, -0.2) is 0 Å². The Balaban J connectivity index is 1.71. The van der Waals surface area contributed by atoms with E-state index < -0.39 is 35.9 Å². The summed E-state index contributed by atoms with van der Waals surface area (Å²) < 4.78 is 40.2. The molecule has 0 fully saturated rings. The lowest BCUT2D eigenvalue weighted by Crippen LogP contribution is -2.36. The smallest absolute Gasteiger partial charge is 0.417 e. The number of aliphatic hydroxyl groups is 3. The fourth-order valence-corrected chi connectivity index (χ4v) is 5.96.